The van der Waals surface area contributed by atoms with E-state index in [1.54, 1.807) is 21.1 Å². The molecule has 5 nitrogen and oxygen atoms in total. The SMILES string of the molecule is CNCc1c(Cl)ccc(S(=O)(=O)NC(C)CCOC)c1Cl. The van der Waals surface area contributed by atoms with Crippen LogP contribution in [0.25, 0.3) is 0 Å². The molecule has 1 aromatic rings. The highest BCUT2D eigenvalue weighted by Crippen LogP contribution is 2.31. The van der Waals surface area contributed by atoms with Crippen LogP contribution in [0.5, 0.6) is 0 Å². The summed E-state index contributed by atoms with van der Waals surface area (Å²) in [5.74, 6) is 0. The van der Waals surface area contributed by atoms with Crippen molar-refractivity contribution in [1.82, 2.24) is 10.0 Å². The molecule has 21 heavy (non-hydrogen) atoms. The molecule has 0 heterocycles. The van der Waals surface area contributed by atoms with Gasteiger partial charge in [0.05, 0.1) is 5.02 Å². The molecule has 0 aromatic heterocycles. The summed E-state index contributed by atoms with van der Waals surface area (Å²) in [6.45, 7) is 2.64. The summed E-state index contributed by atoms with van der Waals surface area (Å²) in [5, 5.41) is 3.49. The molecule has 1 unspecified atom stereocenters. The molecule has 0 bridgehead atoms. The van der Waals surface area contributed by atoms with Crippen molar-refractivity contribution in [3.8, 4) is 0 Å². The van der Waals surface area contributed by atoms with E-state index < -0.39 is 10.0 Å². The van der Waals surface area contributed by atoms with Gasteiger partial charge in [-0.05, 0) is 32.5 Å². The molecule has 0 spiro atoms. The van der Waals surface area contributed by atoms with Crippen molar-refractivity contribution in [3.63, 3.8) is 0 Å². The van der Waals surface area contributed by atoms with Crippen LogP contribution >= 0.6 is 23.2 Å². The quantitative estimate of drug-likeness (QED) is 0.752. The van der Waals surface area contributed by atoms with Crippen LogP contribution in [0.4, 0.5) is 0 Å². The summed E-state index contributed by atoms with van der Waals surface area (Å²) in [6, 6.07) is 2.69. The van der Waals surface area contributed by atoms with Crippen LogP contribution in [-0.4, -0.2) is 35.2 Å². The second-order valence-corrected chi connectivity index (χ2v) is 7.14. The Kier molecular flexibility index (Phi) is 7.39. The fourth-order valence-electron chi connectivity index (χ4n) is 1.80. The minimum absolute atomic E-state index is 0.0306. The molecule has 0 aliphatic heterocycles. The molecule has 120 valence electrons. The second-order valence-electron chi connectivity index (χ2n) is 4.67. The third kappa shape index (κ3) is 5.09. The van der Waals surface area contributed by atoms with Crippen LogP contribution < -0.4 is 10.0 Å². The molecule has 1 atom stereocenters. The van der Waals surface area contributed by atoms with Gasteiger partial charge < -0.3 is 10.1 Å². The predicted octanol–water partition coefficient (Wildman–Crippen LogP) is 2.42. The van der Waals surface area contributed by atoms with Gasteiger partial charge in [-0.2, -0.15) is 0 Å². The van der Waals surface area contributed by atoms with E-state index >= 15 is 0 Å². The molecule has 0 saturated carbocycles. The molecule has 0 fully saturated rings. The van der Waals surface area contributed by atoms with Gasteiger partial charge in [0, 0.05) is 36.9 Å². The van der Waals surface area contributed by atoms with Gasteiger partial charge >= 0.3 is 0 Å². The van der Waals surface area contributed by atoms with E-state index in [-0.39, 0.29) is 16.0 Å². The van der Waals surface area contributed by atoms with Crippen molar-refractivity contribution in [1.29, 1.82) is 0 Å². The molecule has 8 heteroatoms. The van der Waals surface area contributed by atoms with Gasteiger partial charge in [-0.1, -0.05) is 23.2 Å². The van der Waals surface area contributed by atoms with Gasteiger partial charge in [0.2, 0.25) is 10.0 Å². The zero-order chi connectivity index (χ0) is 16.0. The lowest BCUT2D eigenvalue weighted by Crippen LogP contribution is -2.33. The Morgan fingerprint density at radius 3 is 2.57 bits per heavy atom. The second kappa shape index (κ2) is 8.31. The summed E-state index contributed by atoms with van der Waals surface area (Å²) in [7, 11) is -0.396. The first kappa shape index (κ1) is 18.7. The summed E-state index contributed by atoms with van der Waals surface area (Å²) in [5.41, 5.74) is 0.563. The average molecular weight is 355 g/mol. The van der Waals surface area contributed by atoms with Gasteiger partial charge in [0.15, 0.2) is 0 Å². The first-order valence-electron chi connectivity index (χ1n) is 6.46. The number of rotatable bonds is 8. The number of benzene rings is 1. The fraction of sp³-hybridized carbons (Fsp3) is 0.538. The van der Waals surface area contributed by atoms with Crippen LogP contribution in [0, 0.1) is 0 Å². The van der Waals surface area contributed by atoms with Crippen LogP contribution in [0.2, 0.25) is 10.0 Å². The van der Waals surface area contributed by atoms with Crippen molar-refractivity contribution >= 4 is 33.2 Å². The molecule has 0 saturated heterocycles. The smallest absolute Gasteiger partial charge is 0.242 e. The minimum Gasteiger partial charge on any atom is -0.385 e. The Labute approximate surface area is 136 Å². The maximum absolute atomic E-state index is 12.4. The Bertz CT molecular complexity index is 579. The van der Waals surface area contributed by atoms with E-state index in [9.17, 15) is 8.42 Å². The number of halogens is 2. The van der Waals surface area contributed by atoms with Gasteiger partial charge in [-0.3, -0.25) is 0 Å². The highest BCUT2D eigenvalue weighted by molar-refractivity contribution is 7.89. The van der Waals surface area contributed by atoms with E-state index in [4.69, 9.17) is 27.9 Å². The number of ether oxygens (including phenoxy) is 1. The van der Waals surface area contributed by atoms with Crippen molar-refractivity contribution in [2.45, 2.75) is 30.8 Å². The number of hydrogen-bond donors (Lipinski definition) is 2. The first-order chi connectivity index (χ1) is 9.83. The third-order valence-electron chi connectivity index (χ3n) is 2.90. The Balaban J connectivity index is 3.06. The van der Waals surface area contributed by atoms with E-state index in [0.717, 1.165) is 0 Å². The van der Waals surface area contributed by atoms with Crippen LogP contribution in [0.15, 0.2) is 17.0 Å². The fourth-order valence-corrected chi connectivity index (χ4v) is 3.99. The van der Waals surface area contributed by atoms with Crippen LogP contribution in [0.1, 0.15) is 18.9 Å². The third-order valence-corrected chi connectivity index (χ3v) is 5.43. The average Bonchev–Trinajstić information content (AvgIpc) is 2.40. The van der Waals surface area contributed by atoms with E-state index in [2.05, 4.69) is 10.0 Å². The normalized spacial score (nSPS) is 13.4. The van der Waals surface area contributed by atoms with Crippen molar-refractivity contribution in [2.24, 2.45) is 0 Å². The van der Waals surface area contributed by atoms with Gasteiger partial charge in [-0.25, -0.2) is 13.1 Å². The summed E-state index contributed by atoms with van der Waals surface area (Å²) < 4.78 is 32.3. The number of hydrogen-bond acceptors (Lipinski definition) is 4. The monoisotopic (exact) mass is 354 g/mol. The molecule has 0 aliphatic rings. The molecule has 2 N–H and O–H groups in total. The van der Waals surface area contributed by atoms with Gasteiger partial charge in [0.1, 0.15) is 4.90 Å². The molecular formula is C13H20Cl2N2O3S. The molecular weight excluding hydrogens is 335 g/mol. The Morgan fingerprint density at radius 2 is 2.00 bits per heavy atom. The Morgan fingerprint density at radius 1 is 1.33 bits per heavy atom. The lowest BCUT2D eigenvalue weighted by molar-refractivity contribution is 0.188. The van der Waals surface area contributed by atoms with E-state index in [1.165, 1.54) is 12.1 Å². The standard InChI is InChI=1S/C13H20Cl2N2O3S/c1-9(6-7-20-3)17-21(18,19)12-5-4-11(14)10(8-16-2)13(12)15/h4-5,9,16-17H,6-8H2,1-3H3. The lowest BCUT2D eigenvalue weighted by atomic mass is 10.2. The predicted molar refractivity (Wildman–Crippen MR) is 85.5 cm³/mol. The molecule has 1 rings (SSSR count). The van der Waals surface area contributed by atoms with E-state index in [1.807, 2.05) is 0 Å². The zero-order valence-electron chi connectivity index (χ0n) is 12.2. The molecule has 0 amide bonds. The molecule has 0 radical (unpaired) electrons. The highest BCUT2D eigenvalue weighted by Gasteiger charge is 2.23. The topological polar surface area (TPSA) is 67.4 Å². The van der Waals surface area contributed by atoms with Gasteiger partial charge in [0.25, 0.3) is 0 Å². The number of methoxy groups -OCH3 is 1. The minimum atomic E-state index is -3.70. The van der Waals surface area contributed by atoms with Gasteiger partial charge in [-0.15, -0.1) is 0 Å². The maximum atomic E-state index is 12.4. The number of nitrogens with one attached hydrogen (secondary N) is 2. The summed E-state index contributed by atoms with van der Waals surface area (Å²) in [4.78, 5) is 0.0306. The van der Waals surface area contributed by atoms with Crippen molar-refractivity contribution < 1.29 is 13.2 Å². The summed E-state index contributed by atoms with van der Waals surface area (Å²) >= 11 is 12.2. The Hall–Kier alpha value is -0.370. The lowest BCUT2D eigenvalue weighted by Gasteiger charge is -2.16. The summed E-state index contributed by atoms with van der Waals surface area (Å²) in [6.07, 6.45) is 0.574. The van der Waals surface area contributed by atoms with E-state index in [0.29, 0.717) is 30.2 Å². The van der Waals surface area contributed by atoms with Crippen LogP contribution in [-0.2, 0) is 21.3 Å². The molecule has 1 aromatic carbocycles. The van der Waals surface area contributed by atoms with Crippen molar-refractivity contribution in [2.75, 3.05) is 20.8 Å². The highest BCUT2D eigenvalue weighted by atomic mass is 35.5. The number of sulfonamides is 1. The zero-order valence-corrected chi connectivity index (χ0v) is 14.6. The van der Waals surface area contributed by atoms with Crippen molar-refractivity contribution in [3.05, 3.63) is 27.7 Å². The maximum Gasteiger partial charge on any atom is 0.242 e. The largest absolute Gasteiger partial charge is 0.385 e. The van der Waals surface area contributed by atoms with Crippen LogP contribution in [0.3, 0.4) is 0 Å². The molecule has 0 aliphatic carbocycles. The first-order valence-corrected chi connectivity index (χ1v) is 8.70.